The lowest BCUT2D eigenvalue weighted by Crippen LogP contribution is -2.37. The summed E-state index contributed by atoms with van der Waals surface area (Å²) in [5.41, 5.74) is 1.41. The molecule has 0 radical (unpaired) electrons. The van der Waals surface area contributed by atoms with Gasteiger partial charge >= 0.3 is 5.97 Å². The molecule has 0 aromatic heterocycles. The Morgan fingerprint density at radius 1 is 0.900 bits per heavy atom. The maximum atomic E-state index is 13.1. The summed E-state index contributed by atoms with van der Waals surface area (Å²) in [5, 5.41) is 0. The molecular weight excluding hydrogens is 514 g/mol. The van der Waals surface area contributed by atoms with E-state index in [1.54, 1.807) is 24.3 Å². The molecular formula is C23H19Br2NO4. The van der Waals surface area contributed by atoms with Gasteiger partial charge < -0.3 is 4.74 Å². The summed E-state index contributed by atoms with van der Waals surface area (Å²) in [7, 11) is 0. The number of rotatable bonds is 4. The molecule has 0 N–H and O–H groups in total. The fourth-order valence-corrected chi connectivity index (χ4v) is 7.07. The summed E-state index contributed by atoms with van der Waals surface area (Å²) in [6.45, 7) is 0. The van der Waals surface area contributed by atoms with E-state index < -0.39 is 0 Å². The molecule has 5 nitrogen and oxygen atoms in total. The molecule has 2 aromatic carbocycles. The predicted molar refractivity (Wildman–Crippen MR) is 119 cm³/mol. The van der Waals surface area contributed by atoms with Crippen molar-refractivity contribution in [2.24, 2.45) is 23.7 Å². The highest BCUT2D eigenvalue weighted by molar-refractivity contribution is 9.12. The van der Waals surface area contributed by atoms with Gasteiger partial charge in [-0.25, -0.2) is 0 Å². The molecule has 2 saturated carbocycles. The molecule has 2 aromatic rings. The van der Waals surface area contributed by atoms with Crippen LogP contribution >= 0.6 is 31.9 Å². The van der Waals surface area contributed by atoms with Crippen LogP contribution in [0.1, 0.15) is 12.0 Å². The van der Waals surface area contributed by atoms with Gasteiger partial charge in [0.05, 0.1) is 23.9 Å². The molecule has 2 bridgehead atoms. The molecule has 3 aliphatic rings. The maximum absolute atomic E-state index is 13.1. The summed E-state index contributed by atoms with van der Waals surface area (Å²) >= 11 is 7.40. The quantitative estimate of drug-likeness (QED) is 0.257. The SMILES string of the molecule is O=C(Cc1ccccc1)Oc1ccc(N2C(=O)[C@@H]3[C@H]4C[C@@H]([C@H](Br)[C@@H]4Br)[C@@H]3C2=O)cc1. The lowest BCUT2D eigenvalue weighted by Gasteiger charge is -2.28. The molecule has 5 rings (SSSR count). The third kappa shape index (κ3) is 3.14. The molecule has 0 unspecified atom stereocenters. The minimum Gasteiger partial charge on any atom is -0.426 e. The third-order valence-corrected chi connectivity index (χ3v) is 9.71. The standard InChI is InChI=1S/C23H19Br2NO4/c24-20-15-11-16(21(20)25)19-18(15)22(28)26(23(19)29)13-6-8-14(9-7-13)30-17(27)10-12-4-2-1-3-5-12/h1-9,15-16,18-21H,10-11H2/t15-,16-,18-,19+,20-,21+/m1/s1. The molecule has 1 saturated heterocycles. The van der Waals surface area contributed by atoms with Crippen LogP contribution in [0.4, 0.5) is 5.69 Å². The summed E-state index contributed by atoms with van der Waals surface area (Å²) in [4.78, 5) is 40.1. The van der Waals surface area contributed by atoms with E-state index in [2.05, 4.69) is 31.9 Å². The number of carbonyl (C=O) groups excluding carboxylic acids is 3. The van der Waals surface area contributed by atoms with Crippen LogP contribution in [-0.4, -0.2) is 27.4 Å². The number of carbonyl (C=O) groups is 3. The van der Waals surface area contributed by atoms with E-state index in [1.165, 1.54) is 4.90 Å². The number of halogens is 2. The first-order valence-electron chi connectivity index (χ1n) is 9.96. The van der Waals surface area contributed by atoms with Crippen LogP contribution in [-0.2, 0) is 20.8 Å². The number of anilines is 1. The van der Waals surface area contributed by atoms with Crippen LogP contribution in [0.25, 0.3) is 0 Å². The Labute approximate surface area is 191 Å². The maximum Gasteiger partial charge on any atom is 0.315 e. The van der Waals surface area contributed by atoms with Crippen LogP contribution in [0.15, 0.2) is 54.6 Å². The Kier molecular flexibility index (Phi) is 5.06. The summed E-state index contributed by atoms with van der Waals surface area (Å²) < 4.78 is 5.40. The number of hydrogen-bond acceptors (Lipinski definition) is 4. The van der Waals surface area contributed by atoms with Gasteiger partial charge in [0.1, 0.15) is 5.75 Å². The first kappa shape index (κ1) is 19.9. The van der Waals surface area contributed by atoms with Crippen molar-refractivity contribution in [2.75, 3.05) is 4.90 Å². The Bertz CT molecular complexity index is 978. The van der Waals surface area contributed by atoms with Crippen LogP contribution in [0, 0.1) is 23.7 Å². The van der Waals surface area contributed by atoms with Gasteiger partial charge in [-0.2, -0.15) is 0 Å². The van der Waals surface area contributed by atoms with E-state index in [0.29, 0.717) is 11.4 Å². The highest BCUT2D eigenvalue weighted by atomic mass is 79.9. The Hall–Kier alpha value is -1.99. The van der Waals surface area contributed by atoms with E-state index in [1.807, 2.05) is 30.3 Å². The van der Waals surface area contributed by atoms with Crippen molar-refractivity contribution in [1.29, 1.82) is 0 Å². The Balaban J connectivity index is 1.30. The zero-order valence-corrected chi connectivity index (χ0v) is 19.1. The van der Waals surface area contributed by atoms with Crippen LogP contribution in [0.2, 0.25) is 0 Å². The first-order chi connectivity index (χ1) is 14.5. The van der Waals surface area contributed by atoms with Crippen LogP contribution in [0.5, 0.6) is 5.75 Å². The minimum atomic E-state index is -0.361. The first-order valence-corrected chi connectivity index (χ1v) is 11.8. The summed E-state index contributed by atoms with van der Waals surface area (Å²) in [6, 6.07) is 16.0. The van der Waals surface area contributed by atoms with E-state index in [4.69, 9.17) is 4.74 Å². The fourth-order valence-electron chi connectivity index (χ4n) is 5.20. The van der Waals surface area contributed by atoms with Crippen molar-refractivity contribution < 1.29 is 19.1 Å². The molecule has 7 heteroatoms. The van der Waals surface area contributed by atoms with Gasteiger partial charge in [-0.15, -0.1) is 0 Å². The van der Waals surface area contributed by atoms with Crippen molar-refractivity contribution in [2.45, 2.75) is 22.5 Å². The van der Waals surface area contributed by atoms with Crippen molar-refractivity contribution in [3.63, 3.8) is 0 Å². The van der Waals surface area contributed by atoms with Crippen molar-refractivity contribution in [1.82, 2.24) is 0 Å². The number of hydrogen-bond donors (Lipinski definition) is 0. The number of esters is 1. The van der Waals surface area contributed by atoms with E-state index in [0.717, 1.165) is 12.0 Å². The lowest BCUT2D eigenvalue weighted by molar-refractivity contribution is -0.133. The number of alkyl halides is 2. The molecule has 1 aliphatic heterocycles. The van der Waals surface area contributed by atoms with Gasteiger partial charge in [-0.3, -0.25) is 19.3 Å². The largest absolute Gasteiger partial charge is 0.426 e. The van der Waals surface area contributed by atoms with Gasteiger partial charge in [-0.05, 0) is 48.1 Å². The second kappa shape index (κ2) is 7.61. The number of benzene rings is 2. The van der Waals surface area contributed by atoms with E-state index >= 15 is 0 Å². The molecule has 30 heavy (non-hydrogen) atoms. The minimum absolute atomic E-state index is 0.116. The van der Waals surface area contributed by atoms with Gasteiger partial charge in [0.25, 0.3) is 0 Å². The number of imide groups is 1. The predicted octanol–water partition coefficient (Wildman–Crippen LogP) is 4.12. The van der Waals surface area contributed by atoms with Crippen molar-refractivity contribution >= 4 is 55.3 Å². The van der Waals surface area contributed by atoms with E-state index in [-0.39, 0.29) is 57.5 Å². The molecule has 3 fully saturated rings. The second-order valence-electron chi connectivity index (χ2n) is 8.15. The normalized spacial score (nSPS) is 31.9. The number of fused-ring (bicyclic) bond motifs is 5. The lowest BCUT2D eigenvalue weighted by atomic mass is 9.81. The molecule has 0 spiro atoms. The number of nitrogens with zero attached hydrogens (tertiary/aromatic N) is 1. The monoisotopic (exact) mass is 531 g/mol. The van der Waals surface area contributed by atoms with Gasteiger partial charge in [0.2, 0.25) is 11.8 Å². The van der Waals surface area contributed by atoms with E-state index in [9.17, 15) is 14.4 Å². The van der Waals surface area contributed by atoms with Crippen LogP contribution in [0.3, 0.4) is 0 Å². The summed E-state index contributed by atoms with van der Waals surface area (Å²) in [5.74, 6) is -0.327. The summed E-state index contributed by atoms with van der Waals surface area (Å²) in [6.07, 6.45) is 1.09. The third-order valence-electron chi connectivity index (χ3n) is 6.50. The highest BCUT2D eigenvalue weighted by Gasteiger charge is 2.66. The van der Waals surface area contributed by atoms with Crippen LogP contribution < -0.4 is 9.64 Å². The Morgan fingerprint density at radius 3 is 2.03 bits per heavy atom. The molecule has 6 atom stereocenters. The molecule has 154 valence electrons. The van der Waals surface area contributed by atoms with Gasteiger partial charge in [0, 0.05) is 9.65 Å². The smallest absolute Gasteiger partial charge is 0.315 e. The number of amides is 2. The zero-order chi connectivity index (χ0) is 21.0. The van der Waals surface area contributed by atoms with Crippen molar-refractivity contribution in [3.8, 4) is 5.75 Å². The average Bonchev–Trinajstić information content (AvgIpc) is 3.34. The molecule has 2 amide bonds. The van der Waals surface area contributed by atoms with Gasteiger partial charge in [0.15, 0.2) is 0 Å². The topological polar surface area (TPSA) is 63.7 Å². The fraction of sp³-hybridized carbons (Fsp3) is 0.348. The highest BCUT2D eigenvalue weighted by Crippen LogP contribution is 2.60. The Morgan fingerprint density at radius 2 is 1.47 bits per heavy atom. The second-order valence-corrected chi connectivity index (χ2v) is 10.3. The average molecular weight is 533 g/mol. The van der Waals surface area contributed by atoms with Crippen molar-refractivity contribution in [3.05, 3.63) is 60.2 Å². The zero-order valence-electron chi connectivity index (χ0n) is 15.9. The van der Waals surface area contributed by atoms with Gasteiger partial charge in [-0.1, -0.05) is 62.2 Å². The molecule has 1 heterocycles. The molecule has 2 aliphatic carbocycles. The number of ether oxygens (including phenoxy) is 1.